The fraction of sp³-hybridized carbons (Fsp3) is 0.318. The zero-order valence-corrected chi connectivity index (χ0v) is 19.4. The molecule has 1 aromatic heterocycles. The Hall–Kier alpha value is -2.63. The molecule has 12 heteroatoms. The molecule has 2 heterocycles. The van der Waals surface area contributed by atoms with Crippen LogP contribution >= 0.6 is 11.6 Å². The van der Waals surface area contributed by atoms with Crippen molar-refractivity contribution < 1.29 is 30.7 Å². The van der Waals surface area contributed by atoms with Gasteiger partial charge in [0.15, 0.2) is 5.03 Å². The molecule has 182 valence electrons. The number of halogens is 5. The van der Waals surface area contributed by atoms with E-state index >= 15 is 0 Å². The lowest BCUT2D eigenvalue weighted by Crippen LogP contribution is -2.30. The van der Waals surface area contributed by atoms with E-state index in [1.165, 1.54) is 39.6 Å². The molecule has 34 heavy (non-hydrogen) atoms. The Balaban J connectivity index is 1.59. The Labute approximate surface area is 198 Å². The molecule has 1 aliphatic rings. The molecule has 0 saturated carbocycles. The van der Waals surface area contributed by atoms with Crippen molar-refractivity contribution in [1.82, 2.24) is 13.9 Å². The smallest absolute Gasteiger partial charge is 0.417 e. The molecule has 0 bridgehead atoms. The summed E-state index contributed by atoms with van der Waals surface area (Å²) in [7, 11) is -2.26. The number of ether oxygens (including phenoxy) is 1. The normalized spacial score (nSPS) is 19.5. The van der Waals surface area contributed by atoms with E-state index in [1.807, 2.05) is 0 Å². The molecule has 2 unspecified atom stereocenters. The van der Waals surface area contributed by atoms with Gasteiger partial charge in [0.05, 0.1) is 23.5 Å². The van der Waals surface area contributed by atoms with Gasteiger partial charge in [0, 0.05) is 38.2 Å². The summed E-state index contributed by atoms with van der Waals surface area (Å²) >= 11 is 5.67. The van der Waals surface area contributed by atoms with Crippen molar-refractivity contribution in [2.75, 3.05) is 19.7 Å². The summed E-state index contributed by atoms with van der Waals surface area (Å²) in [4.78, 5) is 3.93. The van der Waals surface area contributed by atoms with Crippen molar-refractivity contribution in [1.29, 1.82) is 0 Å². The molecule has 0 amide bonds. The number of sulfonamides is 1. The van der Waals surface area contributed by atoms with Crippen LogP contribution in [0, 0.1) is 11.7 Å². The van der Waals surface area contributed by atoms with E-state index in [-0.39, 0.29) is 36.4 Å². The van der Waals surface area contributed by atoms with Gasteiger partial charge in [0.1, 0.15) is 11.6 Å². The van der Waals surface area contributed by atoms with E-state index in [9.17, 15) is 26.0 Å². The van der Waals surface area contributed by atoms with E-state index < -0.39 is 38.5 Å². The van der Waals surface area contributed by atoms with Gasteiger partial charge in [-0.05, 0) is 35.9 Å². The minimum Gasteiger partial charge on any atom is -0.493 e. The highest BCUT2D eigenvalue weighted by Gasteiger charge is 2.41. The SMILES string of the molecule is Cn1cnc(S(=O)(=O)N2CC(COc3ccc(Cl)c(C(F)(F)F)c3)C(c3ccc(F)cc3)C2)c1. The molecule has 0 aliphatic carbocycles. The fourth-order valence-electron chi connectivity index (χ4n) is 3.95. The van der Waals surface area contributed by atoms with Gasteiger partial charge in [-0.1, -0.05) is 23.7 Å². The van der Waals surface area contributed by atoms with Crippen LogP contribution < -0.4 is 4.74 Å². The number of hydrogen-bond donors (Lipinski definition) is 0. The van der Waals surface area contributed by atoms with Crippen molar-refractivity contribution in [3.05, 3.63) is 77.0 Å². The molecule has 0 radical (unpaired) electrons. The number of imidazole rings is 1. The van der Waals surface area contributed by atoms with E-state index in [2.05, 4.69) is 4.98 Å². The number of benzene rings is 2. The van der Waals surface area contributed by atoms with Gasteiger partial charge in [0.25, 0.3) is 10.0 Å². The third-order valence-corrected chi connectivity index (χ3v) is 7.75. The van der Waals surface area contributed by atoms with Crippen molar-refractivity contribution >= 4 is 21.6 Å². The molecular weight excluding hydrogens is 498 g/mol. The second-order valence-electron chi connectivity index (χ2n) is 8.07. The van der Waals surface area contributed by atoms with Crippen LogP contribution in [0.2, 0.25) is 5.02 Å². The largest absolute Gasteiger partial charge is 0.493 e. The second kappa shape index (κ2) is 9.20. The Kier molecular flexibility index (Phi) is 6.63. The molecule has 1 fully saturated rings. The van der Waals surface area contributed by atoms with Crippen LogP contribution in [0.25, 0.3) is 0 Å². The highest BCUT2D eigenvalue weighted by molar-refractivity contribution is 7.89. The van der Waals surface area contributed by atoms with Crippen LogP contribution in [0.4, 0.5) is 17.6 Å². The molecule has 3 aromatic rings. The fourth-order valence-corrected chi connectivity index (χ4v) is 5.67. The summed E-state index contributed by atoms with van der Waals surface area (Å²) < 4.78 is 87.6. The van der Waals surface area contributed by atoms with Crippen molar-refractivity contribution in [3.8, 4) is 5.75 Å². The minimum atomic E-state index is -4.64. The molecule has 0 spiro atoms. The predicted octanol–water partition coefficient (Wildman–Crippen LogP) is 4.71. The highest BCUT2D eigenvalue weighted by atomic mass is 35.5. The van der Waals surface area contributed by atoms with E-state index in [0.717, 1.165) is 12.1 Å². The maximum Gasteiger partial charge on any atom is 0.417 e. The summed E-state index contributed by atoms with van der Waals surface area (Å²) in [5.41, 5.74) is -0.326. The summed E-state index contributed by atoms with van der Waals surface area (Å²) in [5.74, 6) is -1.25. The van der Waals surface area contributed by atoms with Gasteiger partial charge in [-0.25, -0.2) is 17.8 Å². The molecule has 2 atom stereocenters. The number of aromatic nitrogens is 2. The summed E-state index contributed by atoms with van der Waals surface area (Å²) in [6.07, 6.45) is -1.88. The minimum absolute atomic E-state index is 0.0411. The zero-order valence-electron chi connectivity index (χ0n) is 17.8. The van der Waals surface area contributed by atoms with Gasteiger partial charge >= 0.3 is 6.18 Å². The van der Waals surface area contributed by atoms with Crippen LogP contribution in [0.1, 0.15) is 17.0 Å². The van der Waals surface area contributed by atoms with Gasteiger partial charge in [-0.3, -0.25) is 0 Å². The Morgan fingerprint density at radius 1 is 1.15 bits per heavy atom. The second-order valence-corrected chi connectivity index (χ2v) is 10.4. The van der Waals surface area contributed by atoms with E-state index in [0.29, 0.717) is 5.56 Å². The molecule has 4 rings (SSSR count). The zero-order chi connectivity index (χ0) is 24.7. The Morgan fingerprint density at radius 2 is 1.85 bits per heavy atom. The predicted molar refractivity (Wildman–Crippen MR) is 117 cm³/mol. The number of alkyl halides is 3. The third kappa shape index (κ3) is 5.06. The quantitative estimate of drug-likeness (QED) is 0.444. The van der Waals surface area contributed by atoms with E-state index in [4.69, 9.17) is 16.3 Å². The van der Waals surface area contributed by atoms with Crippen molar-refractivity contribution in [3.63, 3.8) is 0 Å². The molecule has 2 aromatic carbocycles. The molecule has 1 saturated heterocycles. The first-order chi connectivity index (χ1) is 15.9. The lowest BCUT2D eigenvalue weighted by Gasteiger charge is -2.20. The number of aryl methyl sites for hydroxylation is 1. The first kappa shape index (κ1) is 24.5. The lowest BCUT2D eigenvalue weighted by molar-refractivity contribution is -0.137. The molecule has 1 aliphatic heterocycles. The summed E-state index contributed by atoms with van der Waals surface area (Å²) in [5, 5.41) is -0.556. The van der Waals surface area contributed by atoms with Crippen molar-refractivity contribution in [2.24, 2.45) is 13.0 Å². The topological polar surface area (TPSA) is 64.4 Å². The van der Waals surface area contributed by atoms with Gasteiger partial charge < -0.3 is 9.30 Å². The van der Waals surface area contributed by atoms with Crippen LogP contribution in [0.3, 0.4) is 0 Å². The molecular formula is C22H20ClF4N3O3S. The first-order valence-electron chi connectivity index (χ1n) is 10.2. The average Bonchev–Trinajstić information content (AvgIpc) is 3.40. The highest BCUT2D eigenvalue weighted by Crippen LogP contribution is 2.38. The Bertz CT molecular complexity index is 1280. The molecule has 6 nitrogen and oxygen atoms in total. The van der Waals surface area contributed by atoms with Gasteiger partial charge in [-0.2, -0.15) is 17.5 Å². The van der Waals surface area contributed by atoms with Crippen LogP contribution in [-0.2, 0) is 23.2 Å². The average molecular weight is 518 g/mol. The number of rotatable bonds is 6. The maximum absolute atomic E-state index is 13.5. The number of hydrogen-bond acceptors (Lipinski definition) is 4. The summed E-state index contributed by atoms with van der Waals surface area (Å²) in [6.45, 7) is 0.0862. The monoisotopic (exact) mass is 517 g/mol. The van der Waals surface area contributed by atoms with Crippen molar-refractivity contribution in [2.45, 2.75) is 17.1 Å². The third-order valence-electron chi connectivity index (χ3n) is 5.70. The van der Waals surface area contributed by atoms with Gasteiger partial charge in [-0.15, -0.1) is 0 Å². The Morgan fingerprint density at radius 3 is 2.47 bits per heavy atom. The lowest BCUT2D eigenvalue weighted by atomic mass is 9.89. The molecule has 0 N–H and O–H groups in total. The van der Waals surface area contributed by atoms with Gasteiger partial charge in [0.2, 0.25) is 0 Å². The van der Waals surface area contributed by atoms with Crippen LogP contribution in [0.5, 0.6) is 5.75 Å². The first-order valence-corrected chi connectivity index (χ1v) is 12.0. The summed E-state index contributed by atoms with van der Waals surface area (Å²) in [6, 6.07) is 8.91. The van der Waals surface area contributed by atoms with E-state index in [1.54, 1.807) is 19.2 Å². The standard InChI is InChI=1S/C22H20ClF4N3O3S/c1-29-11-21(28-13-29)34(31,32)30-9-15(18(10-30)14-2-4-16(24)5-3-14)12-33-17-6-7-20(23)19(8-17)22(25,26)27/h2-8,11,13,15,18H,9-10,12H2,1H3. The maximum atomic E-state index is 13.5. The van der Waals surface area contributed by atoms with Crippen LogP contribution in [-0.4, -0.2) is 42.0 Å². The van der Waals surface area contributed by atoms with Crippen LogP contribution in [0.15, 0.2) is 60.0 Å². The number of nitrogens with zero attached hydrogens (tertiary/aromatic N) is 3.